The molecular formula is C16H16ClN3O3. The molecule has 1 N–H and O–H groups in total. The van der Waals surface area contributed by atoms with Gasteiger partial charge in [0.2, 0.25) is 5.91 Å². The molecule has 1 saturated heterocycles. The van der Waals surface area contributed by atoms with Crippen LogP contribution < -0.4 is 5.32 Å². The van der Waals surface area contributed by atoms with Gasteiger partial charge < -0.3 is 14.7 Å². The third-order valence-corrected chi connectivity index (χ3v) is 4.08. The molecule has 0 unspecified atom stereocenters. The second-order valence-corrected chi connectivity index (χ2v) is 6.11. The van der Waals surface area contributed by atoms with E-state index in [-0.39, 0.29) is 23.4 Å². The second kappa shape index (κ2) is 6.04. The molecule has 0 spiro atoms. The predicted octanol–water partition coefficient (Wildman–Crippen LogP) is 2.66. The largest absolute Gasteiger partial charge is 0.361 e. The molecule has 2 heterocycles. The molecule has 6 nitrogen and oxygen atoms in total. The van der Waals surface area contributed by atoms with Crippen molar-refractivity contribution in [3.05, 3.63) is 46.3 Å². The summed E-state index contributed by atoms with van der Waals surface area (Å²) in [4.78, 5) is 25.9. The smallest absolute Gasteiger partial charge is 0.276 e. The lowest BCUT2D eigenvalue weighted by atomic mass is 9.98. The Kier molecular flexibility index (Phi) is 4.09. The molecular weight excluding hydrogens is 318 g/mol. The maximum absolute atomic E-state index is 12.2. The first-order valence-corrected chi connectivity index (χ1v) is 7.61. The Morgan fingerprint density at radius 1 is 1.30 bits per heavy atom. The zero-order valence-corrected chi connectivity index (χ0v) is 13.6. The summed E-state index contributed by atoms with van der Waals surface area (Å²) < 4.78 is 4.89. The number of likely N-dealkylation sites (tertiary alicyclic amines) is 1. The van der Waals surface area contributed by atoms with E-state index in [1.165, 1.54) is 0 Å². The highest BCUT2D eigenvalue weighted by Crippen LogP contribution is 2.24. The Hall–Kier alpha value is -2.34. The quantitative estimate of drug-likeness (QED) is 0.937. The van der Waals surface area contributed by atoms with E-state index in [1.54, 1.807) is 30.0 Å². The molecule has 7 heteroatoms. The molecule has 1 aliphatic rings. The maximum atomic E-state index is 12.2. The van der Waals surface area contributed by atoms with Crippen LogP contribution in [0.3, 0.4) is 0 Å². The molecule has 1 fully saturated rings. The van der Waals surface area contributed by atoms with Crippen LogP contribution in [-0.4, -0.2) is 35.0 Å². The van der Waals surface area contributed by atoms with Crippen LogP contribution >= 0.6 is 11.6 Å². The minimum absolute atomic E-state index is 0.115. The average Bonchev–Trinajstić information content (AvgIpc) is 2.88. The number of nitrogens with one attached hydrogen (secondary N) is 1. The van der Waals surface area contributed by atoms with Crippen LogP contribution in [0.5, 0.6) is 0 Å². The summed E-state index contributed by atoms with van der Waals surface area (Å²) in [5.74, 6) is 0.0190. The zero-order valence-electron chi connectivity index (χ0n) is 12.8. The van der Waals surface area contributed by atoms with Crippen LogP contribution in [-0.2, 0) is 4.79 Å². The fourth-order valence-electron chi connectivity index (χ4n) is 2.40. The summed E-state index contributed by atoms with van der Waals surface area (Å²) in [7, 11) is 0. The Morgan fingerprint density at radius 2 is 2.04 bits per heavy atom. The number of amides is 2. The van der Waals surface area contributed by atoms with E-state index in [1.807, 2.05) is 13.0 Å². The van der Waals surface area contributed by atoms with Gasteiger partial charge in [-0.05, 0) is 31.5 Å². The minimum atomic E-state index is -0.231. The third-order valence-electron chi connectivity index (χ3n) is 3.84. The van der Waals surface area contributed by atoms with E-state index >= 15 is 0 Å². The molecule has 1 aliphatic heterocycles. The number of carbonyl (C=O) groups excluding carboxylic acids is 2. The topological polar surface area (TPSA) is 75.4 Å². The van der Waals surface area contributed by atoms with Gasteiger partial charge in [0.05, 0.1) is 5.92 Å². The zero-order chi connectivity index (χ0) is 16.6. The summed E-state index contributed by atoms with van der Waals surface area (Å²) in [6.45, 7) is 4.37. The number of hydrogen-bond donors (Lipinski definition) is 1. The molecule has 2 amide bonds. The molecule has 3 rings (SSSR count). The number of hydrogen-bond acceptors (Lipinski definition) is 4. The first-order chi connectivity index (χ1) is 10.9. The molecule has 0 bridgehead atoms. The molecule has 1 aromatic carbocycles. The number of halogens is 1. The monoisotopic (exact) mass is 333 g/mol. The number of anilines is 1. The SMILES string of the molecule is Cc1cc(C(=O)N2CC(C(=O)Nc3cc(Cl)ccc3C)C2)no1. The number of carbonyl (C=O) groups is 2. The summed E-state index contributed by atoms with van der Waals surface area (Å²) in [5, 5.41) is 7.12. The highest BCUT2D eigenvalue weighted by atomic mass is 35.5. The van der Waals surface area contributed by atoms with Crippen molar-refractivity contribution in [2.75, 3.05) is 18.4 Å². The summed E-state index contributed by atoms with van der Waals surface area (Å²) >= 11 is 5.94. The van der Waals surface area contributed by atoms with Crippen LogP contribution in [0, 0.1) is 19.8 Å². The Morgan fingerprint density at radius 3 is 2.70 bits per heavy atom. The van der Waals surface area contributed by atoms with Gasteiger partial charge in [-0.1, -0.05) is 22.8 Å². The van der Waals surface area contributed by atoms with Gasteiger partial charge >= 0.3 is 0 Å². The van der Waals surface area contributed by atoms with Gasteiger partial charge in [-0.2, -0.15) is 0 Å². The van der Waals surface area contributed by atoms with Crippen LogP contribution in [0.2, 0.25) is 5.02 Å². The molecule has 0 saturated carbocycles. The molecule has 1 aromatic heterocycles. The van der Waals surface area contributed by atoms with Crippen molar-refractivity contribution < 1.29 is 14.1 Å². The maximum Gasteiger partial charge on any atom is 0.276 e. The van der Waals surface area contributed by atoms with E-state index in [9.17, 15) is 9.59 Å². The standard InChI is InChI=1S/C16H16ClN3O3/c1-9-3-4-12(17)6-13(9)18-15(21)11-7-20(8-11)16(22)14-5-10(2)23-19-14/h3-6,11H,7-8H2,1-2H3,(H,18,21). The number of rotatable bonds is 3. The third kappa shape index (κ3) is 3.22. The number of aryl methyl sites for hydroxylation is 2. The van der Waals surface area contributed by atoms with Crippen LogP contribution in [0.4, 0.5) is 5.69 Å². The Labute approximate surface area is 138 Å². The van der Waals surface area contributed by atoms with Gasteiger partial charge in [-0.15, -0.1) is 0 Å². The van der Waals surface area contributed by atoms with Crippen molar-refractivity contribution >= 4 is 29.1 Å². The lowest BCUT2D eigenvalue weighted by molar-refractivity contribution is -0.123. The van der Waals surface area contributed by atoms with Crippen molar-refractivity contribution in [2.24, 2.45) is 5.92 Å². The highest BCUT2D eigenvalue weighted by Gasteiger charge is 2.37. The van der Waals surface area contributed by atoms with Gasteiger partial charge in [0.1, 0.15) is 5.76 Å². The lowest BCUT2D eigenvalue weighted by Crippen LogP contribution is -2.54. The van der Waals surface area contributed by atoms with Crippen molar-refractivity contribution in [1.29, 1.82) is 0 Å². The van der Waals surface area contributed by atoms with E-state index in [2.05, 4.69) is 10.5 Å². The fourth-order valence-corrected chi connectivity index (χ4v) is 2.58. The van der Waals surface area contributed by atoms with Crippen LogP contribution in [0.15, 0.2) is 28.8 Å². The van der Waals surface area contributed by atoms with Gasteiger partial charge in [0, 0.05) is 29.9 Å². The normalized spacial score (nSPS) is 14.5. The first-order valence-electron chi connectivity index (χ1n) is 7.23. The van der Waals surface area contributed by atoms with Crippen molar-refractivity contribution in [3.8, 4) is 0 Å². The van der Waals surface area contributed by atoms with Crippen molar-refractivity contribution in [3.63, 3.8) is 0 Å². The Bertz CT molecular complexity index is 766. The van der Waals surface area contributed by atoms with Gasteiger partial charge in [-0.25, -0.2) is 0 Å². The van der Waals surface area contributed by atoms with Crippen molar-refractivity contribution in [1.82, 2.24) is 10.1 Å². The average molecular weight is 334 g/mol. The summed E-state index contributed by atoms with van der Waals surface area (Å²) in [6.07, 6.45) is 0. The number of aromatic nitrogens is 1. The number of nitrogens with zero attached hydrogens (tertiary/aromatic N) is 2. The highest BCUT2D eigenvalue weighted by molar-refractivity contribution is 6.31. The lowest BCUT2D eigenvalue weighted by Gasteiger charge is -2.37. The van der Waals surface area contributed by atoms with E-state index in [0.717, 1.165) is 5.56 Å². The molecule has 0 aliphatic carbocycles. The van der Waals surface area contributed by atoms with Crippen LogP contribution in [0.25, 0.3) is 0 Å². The van der Waals surface area contributed by atoms with E-state index in [4.69, 9.17) is 16.1 Å². The van der Waals surface area contributed by atoms with Gasteiger partial charge in [0.25, 0.3) is 5.91 Å². The molecule has 120 valence electrons. The molecule has 2 aromatic rings. The predicted molar refractivity (Wildman–Crippen MR) is 85.5 cm³/mol. The molecule has 23 heavy (non-hydrogen) atoms. The second-order valence-electron chi connectivity index (χ2n) is 5.68. The van der Waals surface area contributed by atoms with Gasteiger partial charge in [0.15, 0.2) is 5.69 Å². The fraction of sp³-hybridized carbons (Fsp3) is 0.312. The summed E-state index contributed by atoms with van der Waals surface area (Å²) in [6, 6.07) is 6.93. The van der Waals surface area contributed by atoms with Gasteiger partial charge in [-0.3, -0.25) is 9.59 Å². The summed E-state index contributed by atoms with van der Waals surface area (Å²) in [5.41, 5.74) is 1.90. The minimum Gasteiger partial charge on any atom is -0.361 e. The Balaban J connectivity index is 1.57. The number of benzene rings is 1. The van der Waals surface area contributed by atoms with E-state index < -0.39 is 0 Å². The van der Waals surface area contributed by atoms with E-state index in [0.29, 0.717) is 29.6 Å². The molecule has 0 atom stereocenters. The van der Waals surface area contributed by atoms with Crippen LogP contribution in [0.1, 0.15) is 21.8 Å². The first kappa shape index (κ1) is 15.6. The van der Waals surface area contributed by atoms with Crippen molar-refractivity contribution in [2.45, 2.75) is 13.8 Å². The molecule has 0 radical (unpaired) electrons.